The summed E-state index contributed by atoms with van der Waals surface area (Å²) in [6, 6.07) is 23.0. The maximum absolute atomic E-state index is 14.1. The average molecular weight is 695 g/mol. The fraction of sp³-hybridized carbons (Fsp3) is 0.429. The maximum atomic E-state index is 14.1. The summed E-state index contributed by atoms with van der Waals surface area (Å²) >= 11 is 1.67. The van der Waals surface area contributed by atoms with Crippen molar-refractivity contribution in [1.82, 2.24) is 10.2 Å². The fourth-order valence-corrected chi connectivity index (χ4v) is 8.81. The van der Waals surface area contributed by atoms with Crippen molar-refractivity contribution in [2.75, 3.05) is 13.1 Å². The van der Waals surface area contributed by atoms with Crippen molar-refractivity contribution < 1.29 is 24.2 Å². The molecule has 1 fully saturated rings. The van der Waals surface area contributed by atoms with E-state index >= 15 is 0 Å². The first kappa shape index (κ1) is 35.8. The molecule has 4 aromatic rings. The second kappa shape index (κ2) is 15.5. The zero-order valence-corrected chi connectivity index (χ0v) is 30.3. The van der Waals surface area contributed by atoms with E-state index in [0.29, 0.717) is 50.6 Å². The van der Waals surface area contributed by atoms with Crippen molar-refractivity contribution in [2.45, 2.75) is 95.8 Å². The Balaban J connectivity index is 1.37. The van der Waals surface area contributed by atoms with Crippen LogP contribution < -0.4 is 5.32 Å². The number of nitrogens with zero attached hydrogens (tertiary/aromatic N) is 1. The smallest absolute Gasteiger partial charge is 0.317 e. The first-order chi connectivity index (χ1) is 24.1. The Labute approximate surface area is 300 Å². The molecule has 2 amide bonds. The number of ketones is 1. The largest absolute Gasteiger partial charge is 0.461 e. The van der Waals surface area contributed by atoms with E-state index in [9.17, 15) is 19.8 Å². The van der Waals surface area contributed by atoms with Crippen molar-refractivity contribution >= 4 is 23.2 Å². The lowest BCUT2D eigenvalue weighted by Gasteiger charge is -2.46. The first-order valence-corrected chi connectivity index (χ1v) is 18.8. The fourth-order valence-electron chi connectivity index (χ4n) is 8.11. The monoisotopic (exact) mass is 694 g/mol. The highest BCUT2D eigenvalue weighted by Gasteiger charge is 2.57. The highest BCUT2D eigenvalue weighted by molar-refractivity contribution is 7.09. The molecular weight excluding hydrogens is 645 g/mol. The minimum Gasteiger partial charge on any atom is -0.461 e. The van der Waals surface area contributed by atoms with Gasteiger partial charge in [-0.2, -0.15) is 0 Å². The first-order valence-electron chi connectivity index (χ1n) is 18.0. The predicted octanol–water partition coefficient (Wildman–Crippen LogP) is 8.63. The number of furan rings is 1. The summed E-state index contributed by atoms with van der Waals surface area (Å²) in [4.78, 5) is 31.1. The SMILES string of the molecule is CC1=CCCC2(C)C(CCC2(O)CN(CCc2cccs2)C(=O)NC(C)c2ccccc2)c2ccc(cc2C(=O)c2ccco2)CC(O)CC1. The summed E-state index contributed by atoms with van der Waals surface area (Å²) in [7, 11) is 0. The molecular formula is C42H50N2O5S. The van der Waals surface area contributed by atoms with Crippen LogP contribution in [0.15, 0.2) is 101 Å². The molecule has 2 aromatic heterocycles. The van der Waals surface area contributed by atoms with Gasteiger partial charge in [-0.05, 0) is 117 Å². The minimum absolute atomic E-state index is 0.150. The molecule has 8 heteroatoms. The summed E-state index contributed by atoms with van der Waals surface area (Å²) in [5, 5.41) is 29.1. The second-order valence-electron chi connectivity index (χ2n) is 14.6. The predicted molar refractivity (Wildman–Crippen MR) is 199 cm³/mol. The number of benzene rings is 2. The topological polar surface area (TPSA) is 103 Å². The minimum atomic E-state index is -1.22. The quantitative estimate of drug-likeness (QED) is 0.120. The lowest BCUT2D eigenvalue weighted by atomic mass is 9.64. The van der Waals surface area contributed by atoms with Crippen LogP contribution in [0.4, 0.5) is 4.79 Å². The molecule has 0 radical (unpaired) electrons. The van der Waals surface area contributed by atoms with Gasteiger partial charge in [-0.3, -0.25) is 4.79 Å². The molecule has 7 nitrogen and oxygen atoms in total. The van der Waals surface area contributed by atoms with Crippen molar-refractivity contribution in [3.63, 3.8) is 0 Å². The number of fused-ring (bicyclic) bond motifs is 8. The van der Waals surface area contributed by atoms with Gasteiger partial charge >= 0.3 is 6.03 Å². The Morgan fingerprint density at radius 3 is 2.62 bits per heavy atom. The van der Waals surface area contributed by atoms with Crippen molar-refractivity contribution in [1.29, 1.82) is 0 Å². The van der Waals surface area contributed by atoms with Gasteiger partial charge < -0.3 is 24.8 Å². The van der Waals surface area contributed by atoms with Crippen LogP contribution in [-0.4, -0.2) is 51.7 Å². The van der Waals surface area contributed by atoms with Crippen molar-refractivity contribution in [2.24, 2.45) is 5.41 Å². The van der Waals surface area contributed by atoms with E-state index in [-0.39, 0.29) is 36.1 Å². The molecule has 264 valence electrons. The molecule has 5 atom stereocenters. The number of hydrogen-bond donors (Lipinski definition) is 3. The number of urea groups is 1. The number of hydrogen-bond acceptors (Lipinski definition) is 6. The highest BCUT2D eigenvalue weighted by Crippen LogP contribution is 2.59. The summed E-state index contributed by atoms with van der Waals surface area (Å²) in [5.41, 5.74) is 2.68. The molecule has 1 saturated carbocycles. The Kier molecular flexibility index (Phi) is 11.1. The van der Waals surface area contributed by atoms with Crippen LogP contribution in [0.25, 0.3) is 0 Å². The highest BCUT2D eigenvalue weighted by atomic mass is 32.1. The van der Waals surface area contributed by atoms with Gasteiger partial charge in [-0.15, -0.1) is 11.3 Å². The lowest BCUT2D eigenvalue weighted by Crippen LogP contribution is -2.56. The summed E-state index contributed by atoms with van der Waals surface area (Å²) in [6.07, 6.45) is 8.34. The van der Waals surface area contributed by atoms with E-state index in [2.05, 4.69) is 31.3 Å². The van der Waals surface area contributed by atoms with Crippen molar-refractivity contribution in [3.8, 4) is 0 Å². The third-order valence-electron chi connectivity index (χ3n) is 11.2. The normalized spacial score (nSPS) is 24.5. The number of amides is 2. The molecule has 0 spiro atoms. The van der Waals surface area contributed by atoms with Gasteiger partial charge in [0.15, 0.2) is 5.76 Å². The number of aliphatic hydroxyl groups is 2. The molecule has 2 aromatic carbocycles. The number of aliphatic hydroxyl groups excluding tert-OH is 1. The Hall–Kier alpha value is -3.98. The molecule has 50 heavy (non-hydrogen) atoms. The molecule has 3 N–H and O–H groups in total. The Bertz CT molecular complexity index is 1770. The van der Waals surface area contributed by atoms with Crippen LogP contribution >= 0.6 is 11.3 Å². The van der Waals surface area contributed by atoms with Crippen LogP contribution in [0.1, 0.15) is 109 Å². The van der Waals surface area contributed by atoms with Crippen LogP contribution in [0.2, 0.25) is 0 Å². The molecule has 0 saturated heterocycles. The van der Waals surface area contributed by atoms with E-state index in [1.165, 1.54) is 16.7 Å². The number of nitrogens with one attached hydrogen (secondary N) is 1. The van der Waals surface area contributed by atoms with Crippen LogP contribution in [0.5, 0.6) is 0 Å². The Morgan fingerprint density at radius 2 is 1.88 bits per heavy atom. The molecule has 2 bridgehead atoms. The zero-order valence-electron chi connectivity index (χ0n) is 29.4. The van der Waals surface area contributed by atoms with Crippen LogP contribution in [-0.2, 0) is 12.8 Å². The van der Waals surface area contributed by atoms with Gasteiger partial charge in [-0.25, -0.2) is 4.79 Å². The maximum Gasteiger partial charge on any atom is 0.317 e. The van der Waals surface area contributed by atoms with Gasteiger partial charge in [0.2, 0.25) is 5.78 Å². The summed E-state index contributed by atoms with van der Waals surface area (Å²) in [6.45, 7) is 6.89. The van der Waals surface area contributed by atoms with Gasteiger partial charge in [0.1, 0.15) is 0 Å². The average Bonchev–Trinajstić information content (AvgIpc) is 3.89. The third-order valence-corrected chi connectivity index (χ3v) is 12.2. The van der Waals surface area contributed by atoms with Crippen molar-refractivity contribution in [3.05, 3.63) is 129 Å². The van der Waals surface area contributed by atoms with E-state index in [1.807, 2.05) is 66.9 Å². The van der Waals surface area contributed by atoms with Gasteiger partial charge in [0.25, 0.3) is 0 Å². The number of carbonyl (C=O) groups is 2. The Morgan fingerprint density at radius 1 is 1.06 bits per heavy atom. The van der Waals surface area contributed by atoms with Crippen LogP contribution in [0.3, 0.4) is 0 Å². The molecule has 3 aliphatic rings. The number of allylic oxidation sites excluding steroid dienone is 2. The standard InChI is InChI=1S/C42H50N2O5S/c1-29-10-7-21-41(3)37(35-18-16-31(26-33(45)17-15-29)27-36(35)39(46)38-14-8-24-49-38)19-22-42(41,48)28-44(23-20-34-13-9-25-50-34)40(47)43-30(2)32-11-5-4-6-12-32/h4-6,8-14,16,18,24-25,27,30,33,37,45,48H,7,15,17,19-23,26,28H2,1-3H3,(H,43,47). The third kappa shape index (κ3) is 7.83. The lowest BCUT2D eigenvalue weighted by molar-refractivity contribution is -0.0769. The number of thiophene rings is 1. The van der Waals surface area contributed by atoms with E-state index in [4.69, 9.17) is 4.42 Å². The van der Waals surface area contributed by atoms with Gasteiger partial charge in [0.05, 0.1) is 30.6 Å². The van der Waals surface area contributed by atoms with E-state index < -0.39 is 17.1 Å². The molecule has 2 heterocycles. The van der Waals surface area contributed by atoms with Crippen LogP contribution in [0, 0.1) is 5.41 Å². The summed E-state index contributed by atoms with van der Waals surface area (Å²) < 4.78 is 5.58. The van der Waals surface area contributed by atoms with E-state index in [0.717, 1.165) is 29.5 Å². The molecule has 7 rings (SSSR count). The molecule has 3 aliphatic carbocycles. The number of rotatable bonds is 9. The van der Waals surface area contributed by atoms with Gasteiger partial charge in [0, 0.05) is 22.4 Å². The molecule has 0 aliphatic heterocycles. The van der Waals surface area contributed by atoms with E-state index in [1.54, 1.807) is 28.4 Å². The number of carbonyl (C=O) groups excluding carboxylic acids is 2. The zero-order chi connectivity index (χ0) is 35.3. The molecule has 5 unspecified atom stereocenters. The summed E-state index contributed by atoms with van der Waals surface area (Å²) in [5.74, 6) is -0.0844. The second-order valence-corrected chi connectivity index (χ2v) is 15.6. The van der Waals surface area contributed by atoms with Gasteiger partial charge in [-0.1, -0.05) is 67.1 Å².